The van der Waals surface area contributed by atoms with E-state index in [1.807, 2.05) is 49.5 Å². The Labute approximate surface area is 150 Å². The van der Waals surface area contributed by atoms with Crippen LogP contribution in [0.4, 0.5) is 0 Å². The van der Waals surface area contributed by atoms with E-state index in [-0.39, 0.29) is 11.3 Å². The van der Waals surface area contributed by atoms with E-state index in [9.17, 15) is 4.79 Å². The van der Waals surface area contributed by atoms with Crippen LogP contribution in [-0.4, -0.2) is 38.7 Å². The van der Waals surface area contributed by atoms with Crippen molar-refractivity contribution in [2.24, 2.45) is 18.4 Å². The predicted octanol–water partition coefficient (Wildman–Crippen LogP) is 3.31. The van der Waals surface area contributed by atoms with Gasteiger partial charge in [0.2, 0.25) is 5.91 Å². The molecule has 134 valence electrons. The quantitative estimate of drug-likeness (QED) is 0.861. The Balaban J connectivity index is 1.61. The number of hydrogen-bond donors (Lipinski definition) is 0. The van der Waals surface area contributed by atoms with E-state index in [1.54, 1.807) is 6.20 Å². The molecule has 3 heterocycles. The summed E-state index contributed by atoms with van der Waals surface area (Å²) in [7, 11) is 1.94. The van der Waals surface area contributed by atoms with Crippen LogP contribution in [-0.2, 0) is 18.3 Å². The second kappa shape index (κ2) is 6.98. The summed E-state index contributed by atoms with van der Waals surface area (Å²) in [5, 5.41) is 4.22. The number of piperidine rings is 1. The molecule has 5 nitrogen and oxygen atoms in total. The number of carbonyl (C=O) groups is 1. The molecule has 1 fully saturated rings. The van der Waals surface area contributed by atoms with Crippen molar-refractivity contribution >= 4 is 5.91 Å². The number of aromatic nitrogens is 3. The topological polar surface area (TPSA) is 51.0 Å². The minimum atomic E-state index is -0.286. The number of hydrogen-bond acceptors (Lipinski definition) is 3. The highest BCUT2D eigenvalue weighted by atomic mass is 16.2. The van der Waals surface area contributed by atoms with Crippen LogP contribution in [0, 0.1) is 11.3 Å². The highest BCUT2D eigenvalue weighted by Crippen LogP contribution is 2.26. The number of aryl methyl sites for hydroxylation is 1. The van der Waals surface area contributed by atoms with Gasteiger partial charge in [-0.15, -0.1) is 0 Å². The Morgan fingerprint density at radius 3 is 2.52 bits per heavy atom. The summed E-state index contributed by atoms with van der Waals surface area (Å²) >= 11 is 0. The zero-order valence-electron chi connectivity index (χ0n) is 15.7. The first-order valence-corrected chi connectivity index (χ1v) is 9.08. The number of carbonyl (C=O) groups excluding carboxylic acids is 1. The van der Waals surface area contributed by atoms with Crippen molar-refractivity contribution in [1.29, 1.82) is 0 Å². The van der Waals surface area contributed by atoms with Gasteiger partial charge in [0.15, 0.2) is 0 Å². The highest BCUT2D eigenvalue weighted by Gasteiger charge is 2.30. The van der Waals surface area contributed by atoms with Crippen molar-refractivity contribution in [3.63, 3.8) is 0 Å². The average Bonchev–Trinajstić information content (AvgIpc) is 3.00. The summed E-state index contributed by atoms with van der Waals surface area (Å²) < 4.78 is 1.85. The monoisotopic (exact) mass is 340 g/mol. The van der Waals surface area contributed by atoms with Crippen molar-refractivity contribution in [2.75, 3.05) is 13.1 Å². The number of pyridine rings is 1. The average molecular weight is 340 g/mol. The lowest BCUT2D eigenvalue weighted by Gasteiger charge is -2.35. The van der Waals surface area contributed by atoms with E-state index in [0.717, 1.165) is 49.4 Å². The fourth-order valence-electron chi connectivity index (χ4n) is 3.47. The van der Waals surface area contributed by atoms with Crippen molar-refractivity contribution < 1.29 is 4.79 Å². The van der Waals surface area contributed by atoms with E-state index in [4.69, 9.17) is 4.98 Å². The molecule has 0 atom stereocenters. The van der Waals surface area contributed by atoms with Crippen LogP contribution in [0.2, 0.25) is 0 Å². The van der Waals surface area contributed by atoms with Crippen LogP contribution < -0.4 is 0 Å². The predicted molar refractivity (Wildman–Crippen MR) is 98.9 cm³/mol. The van der Waals surface area contributed by atoms with Gasteiger partial charge in [-0.3, -0.25) is 14.5 Å². The van der Waals surface area contributed by atoms with E-state index in [0.29, 0.717) is 5.92 Å². The van der Waals surface area contributed by atoms with E-state index in [2.05, 4.69) is 17.2 Å². The molecule has 0 aromatic carbocycles. The second-order valence-corrected chi connectivity index (χ2v) is 8.04. The molecule has 1 aliphatic heterocycles. The van der Waals surface area contributed by atoms with Gasteiger partial charge in [-0.2, -0.15) is 5.10 Å². The first-order chi connectivity index (χ1) is 11.8. The Kier molecular flexibility index (Phi) is 4.93. The molecule has 0 N–H and O–H groups in total. The molecular weight excluding hydrogens is 312 g/mol. The fourth-order valence-corrected chi connectivity index (χ4v) is 3.47. The molecule has 3 rings (SSSR count). The van der Waals surface area contributed by atoms with Crippen molar-refractivity contribution in [1.82, 2.24) is 19.7 Å². The SMILES string of the molecule is Cn1nccc1-c1cccc(CC2CCN(C(=O)C(C)(C)C)CC2)n1. The van der Waals surface area contributed by atoms with Crippen LogP contribution in [0.3, 0.4) is 0 Å². The van der Waals surface area contributed by atoms with Crippen molar-refractivity contribution in [3.8, 4) is 11.4 Å². The fraction of sp³-hybridized carbons (Fsp3) is 0.550. The maximum atomic E-state index is 12.4. The van der Waals surface area contributed by atoms with E-state index < -0.39 is 0 Å². The third-order valence-corrected chi connectivity index (χ3v) is 4.93. The van der Waals surface area contributed by atoms with E-state index >= 15 is 0 Å². The molecule has 0 unspecified atom stereocenters. The minimum Gasteiger partial charge on any atom is -0.342 e. The van der Waals surface area contributed by atoms with Crippen LogP contribution in [0.1, 0.15) is 39.3 Å². The molecule has 2 aromatic rings. The molecule has 0 saturated carbocycles. The lowest BCUT2D eigenvalue weighted by atomic mass is 9.89. The van der Waals surface area contributed by atoms with Crippen LogP contribution in [0.15, 0.2) is 30.5 Å². The molecule has 0 bridgehead atoms. The largest absolute Gasteiger partial charge is 0.342 e. The van der Waals surface area contributed by atoms with Gasteiger partial charge >= 0.3 is 0 Å². The van der Waals surface area contributed by atoms with Gasteiger partial charge in [0.1, 0.15) is 0 Å². The standard InChI is InChI=1S/C20H28N4O/c1-20(2,3)19(25)24-12-9-15(10-13-24)14-16-6-5-7-17(22-16)18-8-11-21-23(18)4/h5-8,11,15H,9-10,12-14H2,1-4H3. The first-order valence-electron chi connectivity index (χ1n) is 9.08. The molecule has 0 radical (unpaired) electrons. The zero-order valence-corrected chi connectivity index (χ0v) is 15.7. The summed E-state index contributed by atoms with van der Waals surface area (Å²) in [6, 6.07) is 8.20. The molecule has 2 aromatic heterocycles. The summed E-state index contributed by atoms with van der Waals surface area (Å²) in [6.07, 6.45) is 4.88. The molecular formula is C20H28N4O. The van der Waals surface area contributed by atoms with Crippen LogP contribution >= 0.6 is 0 Å². The Morgan fingerprint density at radius 1 is 1.20 bits per heavy atom. The van der Waals surface area contributed by atoms with Crippen molar-refractivity contribution in [3.05, 3.63) is 36.2 Å². The van der Waals surface area contributed by atoms with E-state index in [1.165, 1.54) is 0 Å². The third kappa shape index (κ3) is 4.09. The van der Waals surface area contributed by atoms with Gasteiger partial charge in [0, 0.05) is 37.4 Å². The highest BCUT2D eigenvalue weighted by molar-refractivity contribution is 5.81. The van der Waals surface area contributed by atoms with Crippen LogP contribution in [0.25, 0.3) is 11.4 Å². The number of rotatable bonds is 3. The second-order valence-electron chi connectivity index (χ2n) is 8.04. The number of amides is 1. The summed E-state index contributed by atoms with van der Waals surface area (Å²) in [6.45, 7) is 7.71. The number of likely N-dealkylation sites (tertiary alicyclic amines) is 1. The normalized spacial score (nSPS) is 16.2. The lowest BCUT2D eigenvalue weighted by Crippen LogP contribution is -2.44. The van der Waals surface area contributed by atoms with Gasteiger partial charge in [0.05, 0.1) is 11.4 Å². The van der Waals surface area contributed by atoms with Crippen LogP contribution in [0.5, 0.6) is 0 Å². The van der Waals surface area contributed by atoms with Gasteiger partial charge in [-0.05, 0) is 43.4 Å². The molecule has 0 aliphatic carbocycles. The summed E-state index contributed by atoms with van der Waals surface area (Å²) in [5.41, 5.74) is 2.84. The third-order valence-electron chi connectivity index (χ3n) is 4.93. The first kappa shape index (κ1) is 17.6. The maximum absolute atomic E-state index is 12.4. The summed E-state index contributed by atoms with van der Waals surface area (Å²) in [4.78, 5) is 19.2. The Morgan fingerprint density at radius 2 is 1.92 bits per heavy atom. The maximum Gasteiger partial charge on any atom is 0.227 e. The Hall–Kier alpha value is -2.17. The van der Waals surface area contributed by atoms with Gasteiger partial charge < -0.3 is 4.90 Å². The van der Waals surface area contributed by atoms with Gasteiger partial charge in [0.25, 0.3) is 0 Å². The smallest absolute Gasteiger partial charge is 0.227 e. The molecule has 0 spiro atoms. The minimum absolute atomic E-state index is 0.266. The molecule has 1 aliphatic rings. The van der Waals surface area contributed by atoms with Gasteiger partial charge in [-0.1, -0.05) is 26.8 Å². The van der Waals surface area contributed by atoms with Gasteiger partial charge in [-0.25, -0.2) is 0 Å². The lowest BCUT2D eigenvalue weighted by molar-refractivity contribution is -0.140. The number of nitrogens with zero attached hydrogens (tertiary/aromatic N) is 4. The zero-order chi connectivity index (χ0) is 18.0. The van der Waals surface area contributed by atoms with Crippen molar-refractivity contribution in [2.45, 2.75) is 40.0 Å². The Bertz CT molecular complexity index is 736. The molecule has 1 amide bonds. The molecule has 25 heavy (non-hydrogen) atoms. The summed E-state index contributed by atoms with van der Waals surface area (Å²) in [5.74, 6) is 0.862. The molecule has 1 saturated heterocycles. The molecule has 5 heteroatoms.